The van der Waals surface area contributed by atoms with Crippen molar-refractivity contribution < 1.29 is 19.2 Å². The van der Waals surface area contributed by atoms with Gasteiger partial charge in [0.15, 0.2) is 0 Å². The van der Waals surface area contributed by atoms with Gasteiger partial charge in [0.1, 0.15) is 5.78 Å². The van der Waals surface area contributed by atoms with Gasteiger partial charge in [0.25, 0.3) is 0 Å². The third-order valence-corrected chi connectivity index (χ3v) is 6.28. The van der Waals surface area contributed by atoms with Crippen LogP contribution in [0.5, 0.6) is 0 Å². The van der Waals surface area contributed by atoms with Crippen LogP contribution >= 0.6 is 0 Å². The van der Waals surface area contributed by atoms with Crippen LogP contribution in [0, 0.1) is 27.7 Å². The lowest BCUT2D eigenvalue weighted by molar-refractivity contribution is -0.119. The van der Waals surface area contributed by atoms with Crippen LogP contribution in [-0.4, -0.2) is 30.0 Å². The number of hydrogen-bond acceptors (Lipinski definition) is 5. The molecule has 4 N–H and O–H groups in total. The van der Waals surface area contributed by atoms with Gasteiger partial charge in [-0.3, -0.25) is 19.2 Å². The molecule has 4 rings (SSSR count). The van der Waals surface area contributed by atoms with E-state index in [9.17, 15) is 19.2 Å². The molecule has 0 aliphatic heterocycles. The minimum absolute atomic E-state index is 0.00979. The Morgan fingerprint density at radius 3 is 1.26 bits per heavy atom. The van der Waals surface area contributed by atoms with E-state index in [4.69, 9.17) is 0 Å². The van der Waals surface area contributed by atoms with E-state index < -0.39 is 0 Å². The number of anilines is 3. The lowest BCUT2D eigenvalue weighted by Crippen LogP contribution is -2.18. The van der Waals surface area contributed by atoms with E-state index in [1.165, 1.54) is 36.1 Å². The quantitative estimate of drug-likeness (QED) is 0.156. The summed E-state index contributed by atoms with van der Waals surface area (Å²) in [5, 5.41) is 11.2. The van der Waals surface area contributed by atoms with E-state index in [-0.39, 0.29) is 23.5 Å². The number of benzene rings is 4. The van der Waals surface area contributed by atoms with E-state index in [0.29, 0.717) is 19.5 Å². The summed E-state index contributed by atoms with van der Waals surface area (Å²) in [5.74, 6) is 0.179. The van der Waals surface area contributed by atoms with E-state index in [1.807, 2.05) is 132 Å². The SMILES string of the molecule is CC(=O)CNc1ccc(C)cc1.CC(=O)NCc1ccc(C)cc1.CC(=O)Nc1ccc(C)cc1.CCC(=O)Nc1ccc(C)cc1. The highest BCUT2D eigenvalue weighted by molar-refractivity contribution is 5.90. The van der Waals surface area contributed by atoms with Crippen molar-refractivity contribution in [1.29, 1.82) is 0 Å². The van der Waals surface area contributed by atoms with Gasteiger partial charge in [-0.25, -0.2) is 0 Å². The molecule has 0 aromatic heterocycles. The van der Waals surface area contributed by atoms with Crippen LogP contribution in [0.1, 0.15) is 61.9 Å². The molecule has 250 valence electrons. The van der Waals surface area contributed by atoms with Crippen molar-refractivity contribution in [3.05, 3.63) is 125 Å². The number of amides is 3. The molecule has 8 heteroatoms. The first-order valence-electron chi connectivity index (χ1n) is 15.6. The first-order valence-corrected chi connectivity index (χ1v) is 15.6. The van der Waals surface area contributed by atoms with Gasteiger partial charge >= 0.3 is 0 Å². The largest absolute Gasteiger partial charge is 0.378 e. The highest BCUT2D eigenvalue weighted by atomic mass is 16.2. The second-order valence-electron chi connectivity index (χ2n) is 11.1. The average molecular weight is 639 g/mol. The summed E-state index contributed by atoms with van der Waals surface area (Å²) in [5.41, 5.74) is 8.70. The first-order chi connectivity index (χ1) is 22.3. The summed E-state index contributed by atoms with van der Waals surface area (Å²) in [6, 6.07) is 31.6. The summed E-state index contributed by atoms with van der Waals surface area (Å²) in [7, 11) is 0. The molecule has 0 bridgehead atoms. The fourth-order valence-electron chi connectivity index (χ4n) is 3.56. The molecule has 0 spiro atoms. The standard InChI is InChI=1S/3C10H13NO.C9H11NO/c1-8-3-5-10(6-4-8)7-11-9(2)12;1-8-3-5-10(6-4-8)11-7-9(2)12;1-3-10(12)11-9-6-4-8(2)5-7-9;1-7-3-5-9(6-4-7)10-8(2)11/h3-6H,7H2,1-2H3,(H,11,12);3-6,11H,7H2,1-2H3;4-7H,3H2,1-2H3,(H,11,12);3-6H,1-2H3,(H,10,11). The van der Waals surface area contributed by atoms with Crippen molar-refractivity contribution in [2.75, 3.05) is 22.5 Å². The van der Waals surface area contributed by atoms with Crippen molar-refractivity contribution in [2.24, 2.45) is 0 Å². The fraction of sp³-hybridized carbons (Fsp3) is 0.282. The Labute approximate surface area is 280 Å². The zero-order valence-corrected chi connectivity index (χ0v) is 29.0. The number of aryl methyl sites for hydroxylation is 4. The topological polar surface area (TPSA) is 116 Å². The van der Waals surface area contributed by atoms with Crippen LogP contribution in [0.3, 0.4) is 0 Å². The number of nitrogens with one attached hydrogen (secondary N) is 4. The van der Waals surface area contributed by atoms with E-state index in [1.54, 1.807) is 6.92 Å². The summed E-state index contributed by atoms with van der Waals surface area (Å²) in [4.78, 5) is 42.7. The molecular formula is C39H50N4O4. The normalized spacial score (nSPS) is 9.45. The maximum atomic E-state index is 11.0. The lowest BCUT2D eigenvalue weighted by atomic mass is 10.1. The summed E-state index contributed by atoms with van der Waals surface area (Å²) in [6.45, 7) is 15.6. The second-order valence-corrected chi connectivity index (χ2v) is 11.1. The second kappa shape index (κ2) is 22.3. The van der Waals surface area contributed by atoms with Crippen LogP contribution in [0.4, 0.5) is 17.1 Å². The van der Waals surface area contributed by atoms with Crippen LogP contribution in [-0.2, 0) is 25.7 Å². The Bertz CT molecular complexity index is 1450. The Morgan fingerprint density at radius 2 is 0.894 bits per heavy atom. The van der Waals surface area contributed by atoms with Gasteiger partial charge < -0.3 is 21.3 Å². The molecule has 0 atom stereocenters. The number of hydrogen-bond donors (Lipinski definition) is 4. The summed E-state index contributed by atoms with van der Waals surface area (Å²) in [6.07, 6.45) is 0.522. The molecule has 0 aliphatic carbocycles. The molecule has 0 saturated heterocycles. The number of carbonyl (C=O) groups excluding carboxylic acids is 4. The molecular weight excluding hydrogens is 588 g/mol. The molecule has 3 amide bonds. The van der Waals surface area contributed by atoms with Gasteiger partial charge in [0.2, 0.25) is 17.7 Å². The van der Waals surface area contributed by atoms with Crippen LogP contribution < -0.4 is 21.3 Å². The molecule has 0 heterocycles. The third-order valence-electron chi connectivity index (χ3n) is 6.28. The van der Waals surface area contributed by atoms with E-state index in [0.717, 1.165) is 22.6 Å². The van der Waals surface area contributed by atoms with Gasteiger partial charge in [-0.05, 0) is 76.6 Å². The summed E-state index contributed by atoms with van der Waals surface area (Å²) >= 11 is 0. The molecule has 8 nitrogen and oxygen atoms in total. The van der Waals surface area contributed by atoms with Crippen molar-refractivity contribution in [3.8, 4) is 0 Å². The van der Waals surface area contributed by atoms with Gasteiger partial charge in [-0.2, -0.15) is 0 Å². The number of Topliss-reactive ketones (excluding diaryl/α,β-unsaturated/α-hetero) is 1. The van der Waals surface area contributed by atoms with E-state index in [2.05, 4.69) is 21.3 Å². The van der Waals surface area contributed by atoms with Gasteiger partial charge in [-0.15, -0.1) is 0 Å². The van der Waals surface area contributed by atoms with Crippen molar-refractivity contribution in [3.63, 3.8) is 0 Å². The Kier molecular flexibility index (Phi) is 18.9. The Balaban J connectivity index is 0.000000314. The zero-order chi connectivity index (χ0) is 35.2. The Morgan fingerprint density at radius 1 is 0.511 bits per heavy atom. The lowest BCUT2D eigenvalue weighted by Gasteiger charge is -2.03. The van der Waals surface area contributed by atoms with Crippen LogP contribution in [0.15, 0.2) is 97.1 Å². The predicted molar refractivity (Wildman–Crippen MR) is 195 cm³/mol. The summed E-state index contributed by atoms with van der Waals surface area (Å²) < 4.78 is 0. The van der Waals surface area contributed by atoms with E-state index >= 15 is 0 Å². The highest BCUT2D eigenvalue weighted by Crippen LogP contribution is 2.10. The predicted octanol–water partition coefficient (Wildman–Crippen LogP) is 7.92. The molecule has 0 unspecified atom stereocenters. The van der Waals surface area contributed by atoms with Crippen LogP contribution in [0.2, 0.25) is 0 Å². The molecule has 4 aromatic carbocycles. The van der Waals surface area contributed by atoms with Crippen molar-refractivity contribution in [2.45, 2.75) is 68.4 Å². The Hall–Kier alpha value is -5.24. The number of ketones is 1. The highest BCUT2D eigenvalue weighted by Gasteiger charge is 1.97. The molecule has 0 aliphatic rings. The number of carbonyl (C=O) groups is 4. The average Bonchev–Trinajstić information content (AvgIpc) is 3.03. The fourth-order valence-corrected chi connectivity index (χ4v) is 3.56. The molecule has 0 fully saturated rings. The minimum atomic E-state index is -0.0335. The smallest absolute Gasteiger partial charge is 0.224 e. The van der Waals surface area contributed by atoms with Gasteiger partial charge in [-0.1, -0.05) is 89.8 Å². The van der Waals surface area contributed by atoms with Crippen LogP contribution in [0.25, 0.3) is 0 Å². The minimum Gasteiger partial charge on any atom is -0.378 e. The van der Waals surface area contributed by atoms with Gasteiger partial charge in [0, 0.05) is 43.9 Å². The number of rotatable bonds is 8. The third kappa shape index (κ3) is 20.4. The first kappa shape index (κ1) is 39.8. The molecule has 47 heavy (non-hydrogen) atoms. The van der Waals surface area contributed by atoms with Crippen molar-refractivity contribution in [1.82, 2.24) is 5.32 Å². The zero-order valence-electron chi connectivity index (χ0n) is 29.0. The van der Waals surface area contributed by atoms with Gasteiger partial charge in [0.05, 0.1) is 6.54 Å². The maximum Gasteiger partial charge on any atom is 0.224 e. The molecule has 4 aromatic rings. The molecule has 0 saturated carbocycles. The maximum absolute atomic E-state index is 11.0. The monoisotopic (exact) mass is 638 g/mol. The van der Waals surface area contributed by atoms with Crippen molar-refractivity contribution >= 4 is 40.6 Å². The molecule has 0 radical (unpaired) electrons.